The van der Waals surface area contributed by atoms with E-state index in [2.05, 4.69) is 6.58 Å². The molecule has 0 aliphatic carbocycles. The van der Waals surface area contributed by atoms with E-state index in [1.54, 1.807) is 0 Å². The minimum Gasteiger partial charge on any atom is -0.481 e. The summed E-state index contributed by atoms with van der Waals surface area (Å²) in [5.74, 6) is -2.15. The standard InChI is InChI=1S/C6H8O4.Ti/c1-4(6(9)10)2-3-5(7)8;/h1-3H2,(H,7,8)(H,9,10);. The van der Waals surface area contributed by atoms with E-state index in [1.807, 2.05) is 0 Å². The van der Waals surface area contributed by atoms with E-state index in [9.17, 15) is 9.59 Å². The third-order valence-corrected chi connectivity index (χ3v) is 0.943. The average molecular weight is 192 g/mol. The van der Waals surface area contributed by atoms with Gasteiger partial charge in [-0.25, -0.2) is 4.79 Å². The van der Waals surface area contributed by atoms with Crippen molar-refractivity contribution in [3.8, 4) is 0 Å². The first kappa shape index (κ1) is 13.0. The van der Waals surface area contributed by atoms with Gasteiger partial charge in [-0.1, -0.05) is 6.58 Å². The van der Waals surface area contributed by atoms with E-state index in [0.29, 0.717) is 0 Å². The van der Waals surface area contributed by atoms with Crippen LogP contribution in [-0.4, -0.2) is 22.2 Å². The fourth-order valence-electron chi connectivity index (χ4n) is 0.365. The molecule has 0 radical (unpaired) electrons. The maximum absolute atomic E-state index is 10.0. The van der Waals surface area contributed by atoms with Gasteiger partial charge in [0.25, 0.3) is 0 Å². The number of carboxylic acid groups (broad SMARTS) is 2. The van der Waals surface area contributed by atoms with Gasteiger partial charge in [-0.05, 0) is 6.42 Å². The molecule has 0 unspecified atom stereocenters. The van der Waals surface area contributed by atoms with Gasteiger partial charge >= 0.3 is 11.9 Å². The van der Waals surface area contributed by atoms with Crippen LogP contribution in [0.4, 0.5) is 0 Å². The molecule has 0 aliphatic rings. The fourth-order valence-corrected chi connectivity index (χ4v) is 0.365. The van der Waals surface area contributed by atoms with E-state index >= 15 is 0 Å². The summed E-state index contributed by atoms with van der Waals surface area (Å²) >= 11 is 0. The average Bonchev–Trinajstić information content (AvgIpc) is 1.82. The Bertz CT molecular complexity index is 175. The molecule has 0 rings (SSSR count). The van der Waals surface area contributed by atoms with Crippen LogP contribution in [0.15, 0.2) is 12.2 Å². The van der Waals surface area contributed by atoms with E-state index in [4.69, 9.17) is 10.2 Å². The minimum absolute atomic E-state index is 0. The van der Waals surface area contributed by atoms with Crippen molar-refractivity contribution in [1.29, 1.82) is 0 Å². The van der Waals surface area contributed by atoms with E-state index in [0.717, 1.165) is 0 Å². The summed E-state index contributed by atoms with van der Waals surface area (Å²) in [6.45, 7) is 3.16. The van der Waals surface area contributed by atoms with Crippen LogP contribution in [0.5, 0.6) is 0 Å². The maximum atomic E-state index is 10.0. The van der Waals surface area contributed by atoms with Gasteiger partial charge in [-0.2, -0.15) is 0 Å². The van der Waals surface area contributed by atoms with Gasteiger partial charge in [0, 0.05) is 33.7 Å². The first-order valence-corrected chi connectivity index (χ1v) is 2.67. The molecular weight excluding hydrogens is 184 g/mol. The molecule has 0 aliphatic heterocycles. The van der Waals surface area contributed by atoms with Crippen molar-refractivity contribution in [2.75, 3.05) is 0 Å². The van der Waals surface area contributed by atoms with Crippen LogP contribution in [0.1, 0.15) is 12.8 Å². The third-order valence-electron chi connectivity index (χ3n) is 0.943. The molecule has 0 saturated carbocycles. The van der Waals surface area contributed by atoms with Gasteiger partial charge < -0.3 is 10.2 Å². The predicted octanol–water partition coefficient (Wildman–Crippen LogP) is 0.490. The Morgan fingerprint density at radius 2 is 1.64 bits per heavy atom. The Morgan fingerprint density at radius 3 is 1.91 bits per heavy atom. The molecule has 0 aromatic rings. The van der Waals surface area contributed by atoms with Crippen molar-refractivity contribution >= 4 is 11.9 Å². The molecule has 0 saturated heterocycles. The van der Waals surface area contributed by atoms with Crippen LogP contribution < -0.4 is 0 Å². The SMILES string of the molecule is C=C(CCC(=O)O)C(=O)O.[Ti]. The number of hydrogen-bond donors (Lipinski definition) is 2. The monoisotopic (exact) mass is 192 g/mol. The normalized spacial score (nSPS) is 8.00. The smallest absolute Gasteiger partial charge is 0.330 e. The molecule has 11 heavy (non-hydrogen) atoms. The van der Waals surface area contributed by atoms with Crippen molar-refractivity contribution in [3.63, 3.8) is 0 Å². The molecule has 0 aromatic carbocycles. The second-order valence-electron chi connectivity index (χ2n) is 1.80. The number of rotatable bonds is 4. The number of hydrogen-bond acceptors (Lipinski definition) is 2. The molecule has 2 N–H and O–H groups in total. The van der Waals surface area contributed by atoms with Crippen LogP contribution in [0.25, 0.3) is 0 Å². The number of aliphatic carboxylic acids is 2. The molecule has 0 heterocycles. The summed E-state index contributed by atoms with van der Waals surface area (Å²) in [6, 6.07) is 0. The first-order chi connectivity index (χ1) is 4.54. The summed E-state index contributed by atoms with van der Waals surface area (Å²) < 4.78 is 0. The second kappa shape index (κ2) is 6.13. The first-order valence-electron chi connectivity index (χ1n) is 2.67. The molecule has 0 amide bonds. The largest absolute Gasteiger partial charge is 0.481 e. The molecule has 0 aromatic heterocycles. The number of carbonyl (C=O) groups is 2. The van der Waals surface area contributed by atoms with Gasteiger partial charge in [-0.3, -0.25) is 4.79 Å². The van der Waals surface area contributed by atoms with Crippen molar-refractivity contribution in [3.05, 3.63) is 12.2 Å². The van der Waals surface area contributed by atoms with Crippen molar-refractivity contribution in [2.45, 2.75) is 12.8 Å². The summed E-state index contributed by atoms with van der Waals surface area (Å²) in [5, 5.41) is 16.3. The molecule has 0 bridgehead atoms. The molecule has 0 spiro atoms. The Balaban J connectivity index is 0. The maximum Gasteiger partial charge on any atom is 0.330 e. The predicted molar refractivity (Wildman–Crippen MR) is 33.6 cm³/mol. The van der Waals surface area contributed by atoms with Gasteiger partial charge in [0.2, 0.25) is 0 Å². The van der Waals surface area contributed by atoms with Crippen LogP contribution in [0.2, 0.25) is 0 Å². The van der Waals surface area contributed by atoms with Gasteiger partial charge in [0.1, 0.15) is 0 Å². The van der Waals surface area contributed by atoms with E-state index < -0.39 is 11.9 Å². The molecule has 60 valence electrons. The van der Waals surface area contributed by atoms with Crippen LogP contribution >= 0.6 is 0 Å². The third kappa shape index (κ3) is 7.29. The molecule has 4 nitrogen and oxygen atoms in total. The zero-order valence-electron chi connectivity index (χ0n) is 5.83. The summed E-state index contributed by atoms with van der Waals surface area (Å²) in [6.07, 6.45) is -0.171. The second-order valence-corrected chi connectivity index (χ2v) is 1.80. The molecule has 5 heteroatoms. The van der Waals surface area contributed by atoms with E-state index in [1.165, 1.54) is 0 Å². The number of carboxylic acids is 2. The molecular formula is C6H8O4Ti. The van der Waals surface area contributed by atoms with Crippen LogP contribution in [0, 0.1) is 0 Å². The Morgan fingerprint density at radius 1 is 1.18 bits per heavy atom. The zero-order valence-corrected chi connectivity index (χ0v) is 7.39. The van der Waals surface area contributed by atoms with Crippen molar-refractivity contribution in [2.24, 2.45) is 0 Å². The minimum atomic E-state index is -1.14. The van der Waals surface area contributed by atoms with Gasteiger partial charge in [-0.15, -0.1) is 0 Å². The Hall–Kier alpha value is -0.606. The summed E-state index contributed by atoms with van der Waals surface area (Å²) in [7, 11) is 0. The van der Waals surface area contributed by atoms with E-state index in [-0.39, 0.29) is 40.1 Å². The Kier molecular flexibility index (Phi) is 7.25. The van der Waals surface area contributed by atoms with Crippen LogP contribution in [0.3, 0.4) is 0 Å². The molecule has 0 atom stereocenters. The van der Waals surface area contributed by atoms with Crippen LogP contribution in [-0.2, 0) is 31.3 Å². The molecule has 0 fully saturated rings. The summed E-state index contributed by atoms with van der Waals surface area (Å²) in [4.78, 5) is 19.9. The summed E-state index contributed by atoms with van der Waals surface area (Å²) in [5.41, 5.74) is -0.0672. The fraction of sp³-hybridized carbons (Fsp3) is 0.333. The quantitative estimate of drug-likeness (QED) is 0.502. The Labute approximate surface area is 78.8 Å². The topological polar surface area (TPSA) is 74.6 Å². The van der Waals surface area contributed by atoms with Gasteiger partial charge in [0.15, 0.2) is 0 Å². The van der Waals surface area contributed by atoms with Crippen molar-refractivity contribution < 1.29 is 41.5 Å². The van der Waals surface area contributed by atoms with Gasteiger partial charge in [0.05, 0.1) is 0 Å². The zero-order chi connectivity index (χ0) is 8.15. The van der Waals surface area contributed by atoms with Crippen molar-refractivity contribution in [1.82, 2.24) is 0 Å².